The van der Waals surface area contributed by atoms with Gasteiger partial charge in [0.15, 0.2) is 0 Å². The molecule has 0 amide bonds. The molecule has 13 heavy (non-hydrogen) atoms. The highest BCUT2D eigenvalue weighted by Gasteiger charge is 2.00. The van der Waals surface area contributed by atoms with Gasteiger partial charge in [-0.05, 0) is 41.5 Å². The van der Waals surface area contributed by atoms with Crippen molar-refractivity contribution >= 4 is 16.5 Å². The first-order valence-corrected chi connectivity index (χ1v) is 4.16. The third-order valence-electron chi connectivity index (χ3n) is 2.32. The molecule has 0 aliphatic carbocycles. The van der Waals surface area contributed by atoms with E-state index in [1.807, 2.05) is 25.1 Å². The minimum Gasteiger partial charge on any atom is -0.508 e. The van der Waals surface area contributed by atoms with E-state index in [1.54, 1.807) is 12.1 Å². The maximum absolute atomic E-state index is 9.30. The van der Waals surface area contributed by atoms with Crippen LogP contribution in [0.2, 0.25) is 0 Å². The second kappa shape index (κ2) is 2.66. The average Bonchev–Trinajstić information content (AvgIpc) is 2.12. The Morgan fingerprint density at radius 1 is 1.15 bits per heavy atom. The monoisotopic (exact) mass is 173 g/mol. The van der Waals surface area contributed by atoms with Crippen LogP contribution < -0.4 is 5.73 Å². The fraction of sp³-hybridized carbons (Fsp3) is 0.0909. The number of hydrogen-bond acceptors (Lipinski definition) is 2. The Kier molecular flexibility index (Phi) is 1.62. The number of aryl methyl sites for hydroxylation is 1. The van der Waals surface area contributed by atoms with E-state index in [0.717, 1.165) is 22.0 Å². The minimum absolute atomic E-state index is 0.279. The highest BCUT2D eigenvalue weighted by molar-refractivity contribution is 5.90. The van der Waals surface area contributed by atoms with Crippen molar-refractivity contribution in [1.82, 2.24) is 0 Å². The Morgan fingerprint density at radius 2 is 1.85 bits per heavy atom. The van der Waals surface area contributed by atoms with Gasteiger partial charge in [-0.25, -0.2) is 0 Å². The van der Waals surface area contributed by atoms with Gasteiger partial charge in [0.1, 0.15) is 5.75 Å². The highest BCUT2D eigenvalue weighted by Crippen LogP contribution is 2.26. The number of nitrogens with two attached hydrogens (primary N) is 1. The number of phenols is 1. The summed E-state index contributed by atoms with van der Waals surface area (Å²) in [5.41, 5.74) is 7.54. The van der Waals surface area contributed by atoms with Crippen molar-refractivity contribution in [3.63, 3.8) is 0 Å². The van der Waals surface area contributed by atoms with Gasteiger partial charge in [-0.2, -0.15) is 0 Å². The largest absolute Gasteiger partial charge is 0.508 e. The Labute approximate surface area is 76.6 Å². The molecule has 2 heteroatoms. The van der Waals surface area contributed by atoms with Gasteiger partial charge in [0.05, 0.1) is 0 Å². The summed E-state index contributed by atoms with van der Waals surface area (Å²) in [5, 5.41) is 11.4. The molecule has 0 heterocycles. The number of hydrogen-bond donors (Lipinski definition) is 2. The summed E-state index contributed by atoms with van der Waals surface area (Å²) in [7, 11) is 0. The minimum atomic E-state index is 0.279. The van der Waals surface area contributed by atoms with Crippen molar-refractivity contribution in [3.8, 4) is 5.75 Å². The van der Waals surface area contributed by atoms with Crippen LogP contribution in [0, 0.1) is 6.92 Å². The van der Waals surface area contributed by atoms with E-state index in [2.05, 4.69) is 0 Å². The van der Waals surface area contributed by atoms with Crippen molar-refractivity contribution in [3.05, 3.63) is 35.9 Å². The van der Waals surface area contributed by atoms with Gasteiger partial charge in [-0.1, -0.05) is 12.1 Å². The molecule has 0 fully saturated rings. The Hall–Kier alpha value is -1.70. The van der Waals surface area contributed by atoms with Gasteiger partial charge in [-0.15, -0.1) is 0 Å². The summed E-state index contributed by atoms with van der Waals surface area (Å²) >= 11 is 0. The maximum atomic E-state index is 9.30. The van der Waals surface area contributed by atoms with Crippen LogP contribution in [0.25, 0.3) is 10.8 Å². The zero-order valence-electron chi connectivity index (χ0n) is 7.41. The summed E-state index contributed by atoms with van der Waals surface area (Å²) < 4.78 is 0. The molecule has 0 aliphatic rings. The van der Waals surface area contributed by atoms with E-state index in [4.69, 9.17) is 5.73 Å². The van der Waals surface area contributed by atoms with Crippen molar-refractivity contribution in [2.75, 3.05) is 5.73 Å². The highest BCUT2D eigenvalue weighted by atomic mass is 16.3. The molecule has 3 N–H and O–H groups in total. The van der Waals surface area contributed by atoms with Crippen LogP contribution in [0.3, 0.4) is 0 Å². The van der Waals surface area contributed by atoms with Gasteiger partial charge >= 0.3 is 0 Å². The number of anilines is 1. The first kappa shape index (κ1) is 7.92. The summed E-state index contributed by atoms with van der Waals surface area (Å²) in [6, 6.07) is 9.14. The molecule has 66 valence electrons. The lowest BCUT2D eigenvalue weighted by atomic mass is 10.0. The van der Waals surface area contributed by atoms with Crippen LogP contribution in [0.5, 0.6) is 5.75 Å². The zero-order chi connectivity index (χ0) is 9.42. The van der Waals surface area contributed by atoms with Crippen LogP contribution in [-0.2, 0) is 0 Å². The summed E-state index contributed by atoms with van der Waals surface area (Å²) in [6.45, 7) is 1.96. The first-order chi connectivity index (χ1) is 6.18. The van der Waals surface area contributed by atoms with Gasteiger partial charge in [0, 0.05) is 5.69 Å². The first-order valence-electron chi connectivity index (χ1n) is 4.16. The SMILES string of the molecule is Cc1c(N)ccc2ccc(O)cc12. The molecule has 0 saturated heterocycles. The lowest BCUT2D eigenvalue weighted by Crippen LogP contribution is -1.89. The van der Waals surface area contributed by atoms with Crippen molar-refractivity contribution in [1.29, 1.82) is 0 Å². The Balaban J connectivity index is 2.89. The third-order valence-corrected chi connectivity index (χ3v) is 2.32. The lowest BCUT2D eigenvalue weighted by Gasteiger charge is -2.05. The Bertz CT molecular complexity index is 458. The molecule has 2 rings (SSSR count). The van der Waals surface area contributed by atoms with Crippen molar-refractivity contribution < 1.29 is 5.11 Å². The number of benzene rings is 2. The second-order valence-corrected chi connectivity index (χ2v) is 3.19. The second-order valence-electron chi connectivity index (χ2n) is 3.19. The molecule has 0 atom stereocenters. The molecule has 2 aromatic carbocycles. The molecule has 2 aromatic rings. The third kappa shape index (κ3) is 1.20. The van der Waals surface area contributed by atoms with E-state index in [1.165, 1.54) is 0 Å². The molecule has 0 unspecified atom stereocenters. The van der Waals surface area contributed by atoms with Gasteiger partial charge in [0.2, 0.25) is 0 Å². The number of fused-ring (bicyclic) bond motifs is 1. The molecular weight excluding hydrogens is 162 g/mol. The number of phenolic OH excluding ortho intramolecular Hbond substituents is 1. The quantitative estimate of drug-likeness (QED) is 0.601. The predicted molar refractivity (Wildman–Crippen MR) is 54.8 cm³/mol. The van der Waals surface area contributed by atoms with Gasteiger partial charge < -0.3 is 10.8 Å². The Morgan fingerprint density at radius 3 is 2.62 bits per heavy atom. The maximum Gasteiger partial charge on any atom is 0.116 e. The standard InChI is InChI=1S/C11H11NO/c1-7-10-6-9(13)4-2-8(10)3-5-11(7)12/h2-6,13H,12H2,1H3. The van der Waals surface area contributed by atoms with E-state index in [9.17, 15) is 5.11 Å². The molecule has 0 aliphatic heterocycles. The molecule has 2 nitrogen and oxygen atoms in total. The van der Waals surface area contributed by atoms with Crippen LogP contribution in [0.15, 0.2) is 30.3 Å². The van der Waals surface area contributed by atoms with Crippen LogP contribution in [0.4, 0.5) is 5.69 Å². The molecule has 0 radical (unpaired) electrons. The smallest absolute Gasteiger partial charge is 0.116 e. The van der Waals surface area contributed by atoms with Crippen molar-refractivity contribution in [2.24, 2.45) is 0 Å². The fourth-order valence-electron chi connectivity index (χ4n) is 1.47. The van der Waals surface area contributed by atoms with E-state index in [-0.39, 0.29) is 5.75 Å². The van der Waals surface area contributed by atoms with Crippen LogP contribution in [-0.4, -0.2) is 5.11 Å². The number of nitrogen functional groups attached to an aromatic ring is 1. The van der Waals surface area contributed by atoms with E-state index >= 15 is 0 Å². The summed E-state index contributed by atoms with van der Waals surface area (Å²) in [6.07, 6.45) is 0. The predicted octanol–water partition coefficient (Wildman–Crippen LogP) is 2.44. The molecule has 0 spiro atoms. The molecular formula is C11H11NO. The van der Waals surface area contributed by atoms with Gasteiger partial charge in [0.25, 0.3) is 0 Å². The number of aromatic hydroxyl groups is 1. The molecule has 0 aromatic heterocycles. The fourth-order valence-corrected chi connectivity index (χ4v) is 1.47. The topological polar surface area (TPSA) is 46.2 Å². The van der Waals surface area contributed by atoms with E-state index in [0.29, 0.717) is 0 Å². The summed E-state index contributed by atoms with van der Waals surface area (Å²) in [5.74, 6) is 0.279. The van der Waals surface area contributed by atoms with Crippen LogP contribution >= 0.6 is 0 Å². The van der Waals surface area contributed by atoms with Gasteiger partial charge in [-0.3, -0.25) is 0 Å². The average molecular weight is 173 g/mol. The normalized spacial score (nSPS) is 10.5. The molecule has 0 bridgehead atoms. The lowest BCUT2D eigenvalue weighted by molar-refractivity contribution is 0.476. The zero-order valence-corrected chi connectivity index (χ0v) is 7.41. The van der Waals surface area contributed by atoms with E-state index < -0.39 is 0 Å². The number of rotatable bonds is 0. The van der Waals surface area contributed by atoms with Crippen molar-refractivity contribution in [2.45, 2.75) is 6.92 Å². The van der Waals surface area contributed by atoms with Crippen LogP contribution in [0.1, 0.15) is 5.56 Å². The molecule has 0 saturated carbocycles. The summed E-state index contributed by atoms with van der Waals surface area (Å²) in [4.78, 5) is 0.